The lowest BCUT2D eigenvalue weighted by Gasteiger charge is -2.74. The number of nitrogens with one attached hydrogen (secondary N) is 2. The lowest BCUT2D eigenvalue weighted by molar-refractivity contribution is -0.343. The molecule has 0 spiro atoms. The van der Waals surface area contributed by atoms with E-state index in [0.717, 1.165) is 12.1 Å². The van der Waals surface area contributed by atoms with Crippen molar-refractivity contribution in [2.75, 3.05) is 19.8 Å². The van der Waals surface area contributed by atoms with Crippen LogP contribution >= 0.6 is 0 Å². The number of rotatable bonds is 7. The summed E-state index contributed by atoms with van der Waals surface area (Å²) >= 11 is 0. The number of carboxylic acid groups (broad SMARTS) is 1. The van der Waals surface area contributed by atoms with Crippen LogP contribution in [0.1, 0.15) is 104 Å². The highest BCUT2D eigenvalue weighted by Gasteiger charge is 2.74. The maximum atomic E-state index is 13.5. The number of aliphatic carboxylic acids is 1. The van der Waals surface area contributed by atoms with Crippen LogP contribution in [0, 0.1) is 68.0 Å². The van der Waals surface area contributed by atoms with Crippen molar-refractivity contribution in [2.24, 2.45) is 68.0 Å². The van der Waals surface area contributed by atoms with Crippen molar-refractivity contribution >= 4 is 11.9 Å². The number of ether oxygens (including phenoxy) is 2. The Bertz CT molecular complexity index is 1910. The summed E-state index contributed by atoms with van der Waals surface area (Å²) in [6.45, 7) is 10.4. The first-order chi connectivity index (χ1) is 28.3. The van der Waals surface area contributed by atoms with Gasteiger partial charge in [0.15, 0.2) is 6.29 Å². The minimum absolute atomic E-state index is 0.00348. The number of fused-ring (bicyclic) bond motifs is 8. The van der Waals surface area contributed by atoms with Gasteiger partial charge < -0.3 is 55.5 Å². The molecule has 2 aliphatic heterocycles. The van der Waals surface area contributed by atoms with Crippen molar-refractivity contribution in [3.63, 3.8) is 0 Å². The van der Waals surface area contributed by atoms with Crippen molar-refractivity contribution < 1.29 is 54.8 Å². The van der Waals surface area contributed by atoms with Crippen molar-refractivity contribution in [1.29, 1.82) is 0 Å². The lowest BCUT2D eigenvalue weighted by Crippen LogP contribution is -2.73. The predicted octanol–water partition coefficient (Wildman–Crippen LogP) is 3.04. The molecule has 3 heterocycles. The minimum Gasteiger partial charge on any atom is -0.481 e. The van der Waals surface area contributed by atoms with E-state index in [4.69, 9.17) is 9.47 Å². The van der Waals surface area contributed by atoms with Gasteiger partial charge in [-0.2, -0.15) is 0 Å². The number of amides is 1. The number of hydrogen-bond acceptors (Lipinski definition) is 11. The molecular weight excluding hydrogens is 771 g/mol. The molecule has 1 aromatic rings. The molecule has 14 heteroatoms. The molecular formula is C46H67N3O11. The van der Waals surface area contributed by atoms with Crippen LogP contribution in [0.3, 0.4) is 0 Å². The van der Waals surface area contributed by atoms with Gasteiger partial charge in [0.2, 0.25) is 5.91 Å². The fourth-order valence-electron chi connectivity index (χ4n) is 15.8. The molecule has 8 aliphatic rings. The van der Waals surface area contributed by atoms with Gasteiger partial charge in [-0.15, -0.1) is 0 Å². The average molecular weight is 838 g/mol. The third kappa shape index (κ3) is 5.69. The number of H-pyrrole nitrogens is 1. The molecule has 6 fully saturated rings. The number of nitrogens with zero attached hydrogens (tertiary/aromatic N) is 1. The summed E-state index contributed by atoms with van der Waals surface area (Å²) in [7, 11) is 0. The van der Waals surface area contributed by atoms with Crippen molar-refractivity contribution in [3.05, 3.63) is 42.0 Å². The highest BCUT2D eigenvalue weighted by Crippen LogP contribution is 2.77. The van der Waals surface area contributed by atoms with E-state index in [1.54, 1.807) is 12.5 Å². The van der Waals surface area contributed by atoms with Gasteiger partial charge in [0.1, 0.15) is 18.3 Å². The van der Waals surface area contributed by atoms with Gasteiger partial charge in [0.25, 0.3) is 0 Å². The van der Waals surface area contributed by atoms with Crippen LogP contribution in [-0.2, 0) is 19.1 Å². The zero-order valence-corrected chi connectivity index (χ0v) is 35.7. The van der Waals surface area contributed by atoms with Crippen LogP contribution < -0.4 is 5.32 Å². The molecule has 2 saturated heterocycles. The molecule has 0 aromatic carbocycles. The SMILES string of the molecule is C[C@]1(CO)CC[C@]2(C(=O)O)CC[C@]3(C)C(=CC[C@@H]4[C@@]5(C)[C@H]([C@@H]6C=C[C@@H](c7cnc[nH]7)[C@@H]7NC(=O)C[C@@H]67)[C@@H](O)[C@@H](O[C@@H]6OC[C@@H](O)[C@H](O)[C@H]6O)[C@@](C)(CO)[C@H]5CC[C@]43C)[C@@H]2C1. The number of aromatic amines is 1. The Balaban J connectivity index is 1.19. The summed E-state index contributed by atoms with van der Waals surface area (Å²) < 4.78 is 12.4. The second kappa shape index (κ2) is 14.4. The number of carbonyl (C=O) groups is 2. The van der Waals surface area contributed by atoms with E-state index in [1.165, 1.54) is 5.57 Å². The molecule has 20 atom stereocenters. The smallest absolute Gasteiger partial charge is 0.310 e. The standard InChI is InChI=1S/C46H67N3O11/c1-41(20-50)12-14-46(40(57)58)15-13-43(3)26(27(46)17-41)8-9-31-44(43,4)11-10-30-42(2,21-51)38(60-39-37(56)35(54)29(52)19-59-39)36(55)33(45(30,31)5)23-6-7-24(28-18-47-22-48-28)34-25(23)16-32(53)49-34/h6-8,18,22-25,27,29-31,33-39,50-52,54-56H,9-17,19-21H2,1-5H3,(H,47,48)(H,49,53)(H,57,58)/t23-,24+,25+,27+,29-,30-,31+,33-,34+,35+,36-,37-,38-,39+,41+,42+,43-,44-,45+,46+/m1/s1. The second-order valence-electron chi connectivity index (χ2n) is 21.8. The summed E-state index contributed by atoms with van der Waals surface area (Å²) in [6, 6.07) is -0.271. The van der Waals surface area contributed by atoms with Gasteiger partial charge in [0, 0.05) is 42.3 Å². The predicted molar refractivity (Wildman–Crippen MR) is 216 cm³/mol. The number of hydrogen-bond donors (Lipinski definition) is 9. The molecule has 9 N–H and O–H groups in total. The summed E-state index contributed by atoms with van der Waals surface area (Å²) in [5.74, 6) is -2.49. The Morgan fingerprint density at radius 2 is 1.70 bits per heavy atom. The van der Waals surface area contributed by atoms with Gasteiger partial charge in [-0.05, 0) is 109 Å². The Kier molecular flexibility index (Phi) is 10.2. The second-order valence-corrected chi connectivity index (χ2v) is 21.8. The van der Waals surface area contributed by atoms with Gasteiger partial charge >= 0.3 is 5.97 Å². The minimum atomic E-state index is -1.60. The van der Waals surface area contributed by atoms with Crippen LogP contribution in [0.4, 0.5) is 0 Å². The van der Waals surface area contributed by atoms with E-state index < -0.39 is 70.4 Å². The van der Waals surface area contributed by atoms with E-state index in [1.807, 2.05) is 6.92 Å². The highest BCUT2D eigenvalue weighted by molar-refractivity contribution is 5.80. The van der Waals surface area contributed by atoms with Crippen molar-refractivity contribution in [1.82, 2.24) is 15.3 Å². The van der Waals surface area contributed by atoms with Gasteiger partial charge in [-0.25, -0.2) is 4.98 Å². The molecule has 14 nitrogen and oxygen atoms in total. The van der Waals surface area contributed by atoms with E-state index in [9.17, 15) is 45.3 Å². The monoisotopic (exact) mass is 837 g/mol. The first-order valence-corrected chi connectivity index (χ1v) is 22.4. The van der Waals surface area contributed by atoms with E-state index in [0.29, 0.717) is 44.9 Å². The topological polar surface area (TPSA) is 235 Å². The first kappa shape index (κ1) is 42.6. The first-order valence-electron chi connectivity index (χ1n) is 22.4. The van der Waals surface area contributed by atoms with Crippen LogP contribution in [0.15, 0.2) is 36.3 Å². The number of aliphatic hydroxyl groups excluding tert-OH is 6. The Labute approximate surface area is 352 Å². The zero-order valence-electron chi connectivity index (χ0n) is 35.7. The van der Waals surface area contributed by atoms with Gasteiger partial charge in [-0.3, -0.25) is 9.59 Å². The van der Waals surface area contributed by atoms with Crippen molar-refractivity contribution in [2.45, 2.75) is 141 Å². The maximum absolute atomic E-state index is 13.5. The number of carboxylic acids is 1. The molecule has 9 rings (SSSR count). The average Bonchev–Trinajstić information content (AvgIpc) is 3.90. The molecule has 0 unspecified atom stereocenters. The normalized spacial score (nSPS) is 53.5. The fraction of sp³-hybridized carbons (Fsp3) is 0.804. The number of carbonyl (C=O) groups excluding carboxylic acids is 1. The lowest BCUT2D eigenvalue weighted by atomic mass is 9.31. The molecule has 1 amide bonds. The fourth-order valence-corrected chi connectivity index (χ4v) is 15.8. The number of aliphatic hydroxyl groups is 6. The largest absolute Gasteiger partial charge is 0.481 e. The van der Waals surface area contributed by atoms with E-state index in [2.05, 4.69) is 61.2 Å². The van der Waals surface area contributed by atoms with Crippen LogP contribution in [0.5, 0.6) is 0 Å². The number of imidazole rings is 1. The Morgan fingerprint density at radius 1 is 0.950 bits per heavy atom. The highest BCUT2D eigenvalue weighted by atomic mass is 16.7. The number of aromatic nitrogens is 2. The summed E-state index contributed by atoms with van der Waals surface area (Å²) in [6.07, 6.45) is 7.31. The molecule has 0 radical (unpaired) electrons. The van der Waals surface area contributed by atoms with Crippen LogP contribution in [0.25, 0.3) is 0 Å². The van der Waals surface area contributed by atoms with Gasteiger partial charge in [-0.1, -0.05) is 58.4 Å². The number of allylic oxidation sites excluding steroid dienone is 3. The molecule has 4 saturated carbocycles. The van der Waals surface area contributed by atoms with Gasteiger partial charge in [0.05, 0.1) is 37.2 Å². The van der Waals surface area contributed by atoms with Crippen molar-refractivity contribution in [3.8, 4) is 0 Å². The zero-order chi connectivity index (χ0) is 42.9. The molecule has 332 valence electrons. The summed E-state index contributed by atoms with van der Waals surface area (Å²) in [5.41, 5.74) is -1.66. The third-order valence-corrected chi connectivity index (χ3v) is 19.3. The van der Waals surface area contributed by atoms with E-state index >= 15 is 0 Å². The third-order valence-electron chi connectivity index (χ3n) is 19.3. The summed E-state index contributed by atoms with van der Waals surface area (Å²) in [5, 5.41) is 81.8. The summed E-state index contributed by atoms with van der Waals surface area (Å²) in [4.78, 5) is 34.3. The van der Waals surface area contributed by atoms with E-state index in [-0.39, 0.29) is 84.5 Å². The quantitative estimate of drug-likeness (QED) is 0.143. The molecule has 0 bridgehead atoms. The Hall–Kier alpha value is -2.69. The Morgan fingerprint density at radius 3 is 2.38 bits per heavy atom. The molecule has 6 aliphatic carbocycles. The molecule has 1 aromatic heterocycles. The van der Waals surface area contributed by atoms with Crippen LogP contribution in [0.2, 0.25) is 0 Å². The maximum Gasteiger partial charge on any atom is 0.310 e. The van der Waals surface area contributed by atoms with Crippen LogP contribution in [-0.4, -0.2) is 120 Å². The molecule has 60 heavy (non-hydrogen) atoms.